The smallest absolute Gasteiger partial charge is 0.237 e. The molecule has 1 saturated heterocycles. The first-order valence-corrected chi connectivity index (χ1v) is 15.2. The Morgan fingerprint density at radius 2 is 1.54 bits per heavy atom. The van der Waals surface area contributed by atoms with Crippen molar-refractivity contribution in [1.29, 1.82) is 0 Å². The quantitative estimate of drug-likeness (QED) is 0.328. The molecule has 0 radical (unpaired) electrons. The Kier molecular flexibility index (Phi) is 4.82. The van der Waals surface area contributed by atoms with Gasteiger partial charge in [-0.2, -0.15) is 4.58 Å². The Labute approximate surface area is 231 Å². The van der Waals surface area contributed by atoms with Gasteiger partial charge in [0, 0.05) is 30.3 Å². The second-order valence-corrected chi connectivity index (χ2v) is 12.5. The molecular weight excluding hydrogens is 474 g/mol. The molecule has 3 fully saturated rings. The third-order valence-electron chi connectivity index (χ3n) is 10.9. The molecule has 0 bridgehead atoms. The van der Waals surface area contributed by atoms with Crippen LogP contribution in [0.4, 0.5) is 22.7 Å². The van der Waals surface area contributed by atoms with E-state index in [2.05, 4.69) is 118 Å². The van der Waals surface area contributed by atoms with Crippen LogP contribution >= 0.6 is 0 Å². The summed E-state index contributed by atoms with van der Waals surface area (Å²) in [5.74, 6) is 2.31. The zero-order valence-corrected chi connectivity index (χ0v) is 22.4. The topological polar surface area (TPSA) is 9.49 Å². The van der Waals surface area contributed by atoms with Crippen LogP contribution in [0.2, 0.25) is 0 Å². The molecular formula is C36H36N3+. The van der Waals surface area contributed by atoms with Crippen molar-refractivity contribution in [3.8, 4) is 0 Å². The minimum absolute atomic E-state index is 0.287. The van der Waals surface area contributed by atoms with Gasteiger partial charge in [0.2, 0.25) is 17.1 Å². The molecule has 39 heavy (non-hydrogen) atoms. The lowest BCUT2D eigenvalue weighted by Gasteiger charge is -2.54. The summed E-state index contributed by atoms with van der Waals surface area (Å²) in [6.07, 6.45) is 17.4. The van der Waals surface area contributed by atoms with Gasteiger partial charge in [0.05, 0.1) is 17.8 Å². The van der Waals surface area contributed by atoms with E-state index in [1.165, 1.54) is 67.0 Å². The van der Waals surface area contributed by atoms with E-state index < -0.39 is 0 Å². The van der Waals surface area contributed by atoms with Gasteiger partial charge in [0.15, 0.2) is 0 Å². The largest absolute Gasteiger partial charge is 0.361 e. The Morgan fingerprint density at radius 1 is 0.692 bits per heavy atom. The second-order valence-electron chi connectivity index (χ2n) is 12.5. The van der Waals surface area contributed by atoms with Crippen LogP contribution in [0.3, 0.4) is 0 Å². The van der Waals surface area contributed by atoms with Crippen LogP contribution in [0.25, 0.3) is 0 Å². The molecule has 3 heterocycles. The van der Waals surface area contributed by atoms with Crippen molar-refractivity contribution in [2.45, 2.75) is 68.6 Å². The average molecular weight is 511 g/mol. The third kappa shape index (κ3) is 3.08. The molecule has 3 aromatic rings. The van der Waals surface area contributed by atoms with Crippen molar-refractivity contribution in [3.05, 3.63) is 109 Å². The normalized spacial score (nSPS) is 33.4. The van der Waals surface area contributed by atoms with E-state index in [0.29, 0.717) is 24.0 Å². The number of rotatable bonds is 2. The van der Waals surface area contributed by atoms with Gasteiger partial charge in [-0.05, 0) is 61.5 Å². The summed E-state index contributed by atoms with van der Waals surface area (Å²) in [5.41, 5.74) is 8.54. The first-order valence-electron chi connectivity index (χ1n) is 15.2. The number of allylic oxidation sites excluding steroid dienone is 2. The molecule has 3 heteroatoms. The Balaban J connectivity index is 1.21. The van der Waals surface area contributed by atoms with E-state index in [0.717, 1.165) is 11.8 Å². The summed E-state index contributed by atoms with van der Waals surface area (Å²) < 4.78 is 2.54. The minimum Gasteiger partial charge on any atom is -0.361 e. The molecule has 0 spiro atoms. The molecule has 7 unspecified atom stereocenters. The maximum Gasteiger partial charge on any atom is 0.237 e. The molecule has 0 aromatic heterocycles. The monoisotopic (exact) mass is 510 g/mol. The van der Waals surface area contributed by atoms with Crippen LogP contribution in [-0.4, -0.2) is 29.9 Å². The predicted molar refractivity (Wildman–Crippen MR) is 162 cm³/mol. The lowest BCUT2D eigenvalue weighted by atomic mass is 9.68. The molecule has 6 aliphatic rings. The summed E-state index contributed by atoms with van der Waals surface area (Å²) in [4.78, 5) is 5.85. The van der Waals surface area contributed by atoms with Crippen molar-refractivity contribution < 1.29 is 0 Å². The van der Waals surface area contributed by atoms with Crippen molar-refractivity contribution in [2.75, 3.05) is 9.80 Å². The molecule has 2 saturated carbocycles. The SMILES string of the molecule is C1=CC2=[N+](c3ccccc3)c3cccc4c3N(C2C=C1)C1CCCC2C3CC(c5ccccc5)CCC3N4C21. The van der Waals surface area contributed by atoms with Crippen molar-refractivity contribution in [1.82, 2.24) is 4.58 Å². The molecule has 3 aliphatic carbocycles. The Bertz CT molecular complexity index is 1520. The first-order chi connectivity index (χ1) is 19.4. The molecule has 0 amide bonds. The standard InChI is InChI=1S/C36H36N3/c1-3-11-24(12-4-1)25-21-22-29-28(23-25)27-15-9-18-32-35(27)38(29)34-20-10-19-33-36(34)39(32)31-17-8-7-16-30(31)37(33)26-13-5-2-6-14-26/h1-8,10-14,16-17,19-20,25,27-29,31-32,35H,9,15,18,21-23H2/q+1. The highest BCUT2D eigenvalue weighted by molar-refractivity contribution is 6.12. The molecule has 0 N–H and O–H groups in total. The van der Waals surface area contributed by atoms with E-state index in [9.17, 15) is 0 Å². The molecule has 3 aromatic carbocycles. The fraction of sp³-hybridized carbons (Fsp3) is 0.361. The van der Waals surface area contributed by atoms with Gasteiger partial charge in [0.25, 0.3) is 0 Å². The highest BCUT2D eigenvalue weighted by Gasteiger charge is 2.60. The van der Waals surface area contributed by atoms with Gasteiger partial charge in [0.1, 0.15) is 11.7 Å². The Morgan fingerprint density at radius 3 is 2.41 bits per heavy atom. The molecule has 3 aliphatic heterocycles. The van der Waals surface area contributed by atoms with Gasteiger partial charge in [-0.1, -0.05) is 79.2 Å². The number of fused-ring (bicyclic) bond motifs is 7. The zero-order chi connectivity index (χ0) is 25.5. The van der Waals surface area contributed by atoms with Crippen LogP contribution in [0.5, 0.6) is 0 Å². The minimum atomic E-state index is 0.287. The van der Waals surface area contributed by atoms with E-state index in [-0.39, 0.29) is 6.04 Å². The summed E-state index contributed by atoms with van der Waals surface area (Å²) in [6, 6.07) is 31.7. The van der Waals surface area contributed by atoms with Gasteiger partial charge in [-0.15, -0.1) is 0 Å². The highest BCUT2D eigenvalue weighted by Crippen LogP contribution is 2.60. The van der Waals surface area contributed by atoms with Crippen LogP contribution in [-0.2, 0) is 0 Å². The Hall–Kier alpha value is -3.59. The lowest BCUT2D eigenvalue weighted by Crippen LogP contribution is -2.64. The van der Waals surface area contributed by atoms with Crippen molar-refractivity contribution >= 4 is 28.5 Å². The van der Waals surface area contributed by atoms with E-state index >= 15 is 0 Å². The maximum atomic E-state index is 2.98. The fourth-order valence-corrected chi connectivity index (χ4v) is 9.59. The number of para-hydroxylation sites is 2. The van der Waals surface area contributed by atoms with Crippen molar-refractivity contribution in [3.63, 3.8) is 0 Å². The van der Waals surface area contributed by atoms with E-state index in [4.69, 9.17) is 0 Å². The fourth-order valence-electron chi connectivity index (χ4n) is 9.59. The zero-order valence-electron chi connectivity index (χ0n) is 22.4. The average Bonchev–Trinajstić information content (AvgIpc) is 3.34. The number of hydrogen-bond acceptors (Lipinski definition) is 2. The summed E-state index contributed by atoms with van der Waals surface area (Å²) in [7, 11) is 0. The third-order valence-corrected chi connectivity index (χ3v) is 10.9. The highest BCUT2D eigenvalue weighted by atomic mass is 15.4. The van der Waals surface area contributed by atoms with Gasteiger partial charge in [-0.25, -0.2) is 0 Å². The first kappa shape index (κ1) is 22.2. The van der Waals surface area contributed by atoms with Crippen LogP contribution in [0, 0.1) is 11.8 Å². The number of hydrogen-bond donors (Lipinski definition) is 0. The van der Waals surface area contributed by atoms with Crippen LogP contribution in [0.15, 0.2) is 103 Å². The van der Waals surface area contributed by atoms with Crippen LogP contribution < -0.4 is 14.4 Å². The lowest BCUT2D eigenvalue weighted by molar-refractivity contribution is 0.202. The predicted octanol–water partition coefficient (Wildman–Crippen LogP) is 7.60. The van der Waals surface area contributed by atoms with Gasteiger partial charge in [-0.3, -0.25) is 0 Å². The molecule has 7 atom stereocenters. The number of nitrogens with zero attached hydrogens (tertiary/aromatic N) is 3. The number of benzene rings is 3. The summed E-state index contributed by atoms with van der Waals surface area (Å²) in [5, 5.41) is 0. The van der Waals surface area contributed by atoms with E-state index in [1.807, 2.05) is 0 Å². The molecule has 9 rings (SSSR count). The molecule has 194 valence electrons. The molecule has 3 nitrogen and oxygen atoms in total. The van der Waals surface area contributed by atoms with Crippen molar-refractivity contribution in [2.24, 2.45) is 11.8 Å². The van der Waals surface area contributed by atoms with Crippen LogP contribution in [0.1, 0.15) is 50.0 Å². The number of anilines is 2. The second kappa shape index (κ2) is 8.45. The van der Waals surface area contributed by atoms with Gasteiger partial charge >= 0.3 is 0 Å². The van der Waals surface area contributed by atoms with Gasteiger partial charge < -0.3 is 9.80 Å². The summed E-state index contributed by atoms with van der Waals surface area (Å²) >= 11 is 0. The maximum absolute atomic E-state index is 2.98. The van der Waals surface area contributed by atoms with E-state index in [1.54, 1.807) is 5.56 Å². The summed E-state index contributed by atoms with van der Waals surface area (Å²) in [6.45, 7) is 0.